The fraction of sp³-hybridized carbons (Fsp3) is 0.235. The normalized spacial score (nSPS) is 11.3. The van der Waals surface area contributed by atoms with Crippen molar-refractivity contribution < 1.29 is 33.3 Å². The molecule has 4 aromatic rings. The van der Waals surface area contributed by atoms with E-state index in [9.17, 15) is 9.59 Å². The van der Waals surface area contributed by atoms with E-state index in [-0.39, 0.29) is 31.1 Å². The van der Waals surface area contributed by atoms with Crippen molar-refractivity contribution in [3.05, 3.63) is 114 Å². The van der Waals surface area contributed by atoms with Crippen LogP contribution in [0.2, 0.25) is 0 Å². The first kappa shape index (κ1) is 30.1. The van der Waals surface area contributed by atoms with E-state index in [2.05, 4.69) is 5.32 Å². The number of hydrogen-bond acceptors (Lipinski definition) is 7. The largest absolute Gasteiger partial charge is 0.493 e. The molecule has 0 heterocycles. The van der Waals surface area contributed by atoms with Gasteiger partial charge in [0.25, 0.3) is 0 Å². The molecule has 8 nitrogen and oxygen atoms in total. The molecule has 42 heavy (non-hydrogen) atoms. The van der Waals surface area contributed by atoms with Gasteiger partial charge in [-0.1, -0.05) is 60.7 Å². The van der Waals surface area contributed by atoms with Gasteiger partial charge in [0.15, 0.2) is 17.3 Å². The van der Waals surface area contributed by atoms with Gasteiger partial charge in [-0.2, -0.15) is 0 Å². The second-order valence-corrected chi connectivity index (χ2v) is 9.53. The Morgan fingerprint density at radius 1 is 0.667 bits per heavy atom. The van der Waals surface area contributed by atoms with E-state index in [1.165, 1.54) is 21.3 Å². The van der Waals surface area contributed by atoms with E-state index in [1.54, 1.807) is 12.1 Å². The molecule has 1 N–H and O–H groups in total. The summed E-state index contributed by atoms with van der Waals surface area (Å²) in [6, 6.07) is 29.0. The molecule has 0 radical (unpaired) electrons. The maximum atomic E-state index is 13.4. The van der Waals surface area contributed by atoms with Crippen LogP contribution in [0.15, 0.2) is 97.1 Å². The van der Waals surface area contributed by atoms with Gasteiger partial charge in [0.05, 0.1) is 41.0 Å². The number of Topliss-reactive ketones (excluding diaryl/α,β-unsaturated/α-hetero) is 1. The summed E-state index contributed by atoms with van der Waals surface area (Å²) in [7, 11) is 4.54. The third-order valence-corrected chi connectivity index (χ3v) is 6.49. The monoisotopic (exact) mass is 569 g/mol. The lowest BCUT2D eigenvalue weighted by molar-refractivity contribution is -0.128. The molecule has 1 amide bonds. The predicted molar refractivity (Wildman–Crippen MR) is 159 cm³/mol. The minimum absolute atomic E-state index is 0.00466. The van der Waals surface area contributed by atoms with Crippen LogP contribution < -0.4 is 24.3 Å². The summed E-state index contributed by atoms with van der Waals surface area (Å²) in [5.74, 6) is 2.21. The molecular weight excluding hydrogens is 534 g/mol. The molecule has 0 bridgehead atoms. The Bertz CT molecular complexity index is 1420. The fourth-order valence-electron chi connectivity index (χ4n) is 4.38. The number of carbonyl (C=O) groups is 2. The molecule has 0 aromatic heterocycles. The highest BCUT2D eigenvalue weighted by molar-refractivity contribution is 5.91. The van der Waals surface area contributed by atoms with Crippen LogP contribution in [0, 0.1) is 0 Å². The third kappa shape index (κ3) is 8.59. The SMILES string of the molecule is COc1cc(CC(=O)NC(COCc2ccccc2)C(=O)Cc2ccc(Oc3ccccc3)cc2)cc(OC)c1OC. The Morgan fingerprint density at radius 3 is 1.86 bits per heavy atom. The van der Waals surface area contributed by atoms with Crippen molar-refractivity contribution in [2.45, 2.75) is 25.5 Å². The van der Waals surface area contributed by atoms with Crippen molar-refractivity contribution in [3.8, 4) is 28.7 Å². The van der Waals surface area contributed by atoms with Crippen LogP contribution >= 0.6 is 0 Å². The topological polar surface area (TPSA) is 92.3 Å². The standard InChI is InChI=1S/C34H35NO7/c1-38-31-19-26(20-32(39-2)34(31)40-3)21-33(37)35-29(23-41-22-25-10-6-4-7-11-25)30(36)18-24-14-16-28(17-15-24)42-27-12-8-5-9-13-27/h4-17,19-20,29H,18,21-23H2,1-3H3,(H,35,37). The number of benzene rings is 4. The zero-order chi connectivity index (χ0) is 29.7. The van der Waals surface area contributed by atoms with Gasteiger partial charge in [0.2, 0.25) is 11.7 Å². The molecule has 0 aliphatic heterocycles. The number of para-hydroxylation sites is 1. The lowest BCUT2D eigenvalue weighted by Crippen LogP contribution is -2.45. The first-order valence-corrected chi connectivity index (χ1v) is 13.5. The summed E-state index contributed by atoms with van der Waals surface area (Å²) in [6.07, 6.45) is 0.125. The lowest BCUT2D eigenvalue weighted by atomic mass is 10.0. The molecule has 0 fully saturated rings. The minimum Gasteiger partial charge on any atom is -0.493 e. The average molecular weight is 570 g/mol. The molecule has 0 saturated carbocycles. The van der Waals surface area contributed by atoms with E-state index >= 15 is 0 Å². The number of amides is 1. The molecule has 218 valence electrons. The van der Waals surface area contributed by atoms with Gasteiger partial charge in [0, 0.05) is 6.42 Å². The summed E-state index contributed by atoms with van der Waals surface area (Å²) in [4.78, 5) is 26.6. The van der Waals surface area contributed by atoms with E-state index in [0.717, 1.165) is 16.9 Å². The smallest absolute Gasteiger partial charge is 0.225 e. The van der Waals surface area contributed by atoms with E-state index < -0.39 is 6.04 Å². The molecule has 0 aliphatic carbocycles. The molecule has 1 unspecified atom stereocenters. The Morgan fingerprint density at radius 2 is 1.26 bits per heavy atom. The molecule has 0 aliphatic rings. The van der Waals surface area contributed by atoms with Gasteiger partial charge in [-0.3, -0.25) is 9.59 Å². The number of ketones is 1. The van der Waals surface area contributed by atoms with Gasteiger partial charge >= 0.3 is 0 Å². The average Bonchev–Trinajstić information content (AvgIpc) is 3.02. The van der Waals surface area contributed by atoms with Crippen LogP contribution in [-0.2, 0) is 33.8 Å². The highest BCUT2D eigenvalue weighted by Crippen LogP contribution is 2.38. The zero-order valence-corrected chi connectivity index (χ0v) is 24.0. The fourth-order valence-corrected chi connectivity index (χ4v) is 4.38. The lowest BCUT2D eigenvalue weighted by Gasteiger charge is -2.19. The van der Waals surface area contributed by atoms with Gasteiger partial charge in [-0.15, -0.1) is 0 Å². The number of carbonyl (C=O) groups excluding carboxylic acids is 2. The Hall–Kier alpha value is -4.82. The maximum absolute atomic E-state index is 13.4. The molecule has 8 heteroatoms. The third-order valence-electron chi connectivity index (χ3n) is 6.49. The van der Waals surface area contributed by atoms with E-state index in [1.807, 2.05) is 84.9 Å². The minimum atomic E-state index is -0.844. The van der Waals surface area contributed by atoms with Crippen LogP contribution in [0.5, 0.6) is 28.7 Å². The highest BCUT2D eigenvalue weighted by Gasteiger charge is 2.23. The van der Waals surface area contributed by atoms with Gasteiger partial charge in [0.1, 0.15) is 17.5 Å². The van der Waals surface area contributed by atoms with Crippen LogP contribution in [0.3, 0.4) is 0 Å². The summed E-state index contributed by atoms with van der Waals surface area (Å²) in [5.41, 5.74) is 2.42. The Labute approximate surface area is 246 Å². The molecule has 1 atom stereocenters. The molecular formula is C34H35NO7. The number of hydrogen-bond donors (Lipinski definition) is 1. The zero-order valence-electron chi connectivity index (χ0n) is 24.0. The number of rotatable bonds is 15. The van der Waals surface area contributed by atoms with Crippen molar-refractivity contribution in [3.63, 3.8) is 0 Å². The molecule has 0 spiro atoms. The van der Waals surface area contributed by atoms with Gasteiger partial charge in [-0.05, 0) is 53.1 Å². The van der Waals surface area contributed by atoms with E-state index in [4.69, 9.17) is 23.7 Å². The van der Waals surface area contributed by atoms with Crippen molar-refractivity contribution >= 4 is 11.7 Å². The summed E-state index contributed by atoms with van der Waals surface area (Å²) in [5, 5.41) is 2.87. The van der Waals surface area contributed by atoms with E-state index in [0.29, 0.717) is 35.2 Å². The van der Waals surface area contributed by atoms with Crippen molar-refractivity contribution in [1.29, 1.82) is 0 Å². The van der Waals surface area contributed by atoms with Crippen molar-refractivity contribution in [2.24, 2.45) is 0 Å². The van der Waals surface area contributed by atoms with Gasteiger partial charge in [-0.25, -0.2) is 0 Å². The number of nitrogens with one attached hydrogen (secondary N) is 1. The van der Waals surface area contributed by atoms with Crippen molar-refractivity contribution in [2.75, 3.05) is 27.9 Å². The van der Waals surface area contributed by atoms with Crippen LogP contribution in [0.4, 0.5) is 0 Å². The van der Waals surface area contributed by atoms with Crippen LogP contribution in [-0.4, -0.2) is 45.7 Å². The summed E-state index contributed by atoms with van der Waals surface area (Å²) in [6.45, 7) is 0.350. The number of methoxy groups -OCH3 is 3. The first-order valence-electron chi connectivity index (χ1n) is 13.5. The highest BCUT2D eigenvalue weighted by atomic mass is 16.5. The number of ether oxygens (including phenoxy) is 5. The molecule has 4 aromatic carbocycles. The second-order valence-electron chi connectivity index (χ2n) is 9.53. The van der Waals surface area contributed by atoms with Crippen LogP contribution in [0.25, 0.3) is 0 Å². The Balaban J connectivity index is 1.43. The quantitative estimate of drug-likeness (QED) is 0.200. The van der Waals surface area contributed by atoms with Crippen LogP contribution in [0.1, 0.15) is 16.7 Å². The summed E-state index contributed by atoms with van der Waals surface area (Å²) < 4.78 is 27.9. The van der Waals surface area contributed by atoms with Gasteiger partial charge < -0.3 is 29.0 Å². The predicted octanol–water partition coefficient (Wildman–Crippen LogP) is 5.56. The summed E-state index contributed by atoms with van der Waals surface area (Å²) >= 11 is 0. The Kier molecular flexibility index (Phi) is 10.9. The maximum Gasteiger partial charge on any atom is 0.225 e. The second kappa shape index (κ2) is 15.3. The molecule has 4 rings (SSSR count). The van der Waals surface area contributed by atoms with Crippen molar-refractivity contribution in [1.82, 2.24) is 5.32 Å². The first-order chi connectivity index (χ1) is 20.5. The molecule has 0 saturated heterocycles.